The molecule has 0 saturated carbocycles. The van der Waals surface area contributed by atoms with Crippen molar-refractivity contribution in [1.29, 1.82) is 0 Å². The van der Waals surface area contributed by atoms with E-state index in [9.17, 15) is 9.59 Å². The first-order valence-corrected chi connectivity index (χ1v) is 26.1. The summed E-state index contributed by atoms with van der Waals surface area (Å²) in [4.78, 5) is 25.5. The van der Waals surface area contributed by atoms with Crippen molar-refractivity contribution in [3.63, 3.8) is 0 Å². The first-order valence-electron chi connectivity index (χ1n) is 26.1. The molecular formula is C53H98O5. The van der Waals surface area contributed by atoms with E-state index in [-0.39, 0.29) is 17.7 Å². The van der Waals surface area contributed by atoms with Crippen LogP contribution in [0.4, 0.5) is 0 Å². The van der Waals surface area contributed by atoms with Crippen molar-refractivity contribution >= 4 is 11.9 Å². The average Bonchev–Trinajstić information content (AvgIpc) is 3.51. The van der Waals surface area contributed by atoms with Gasteiger partial charge in [-0.15, -0.1) is 0 Å². The molecule has 0 atom stereocenters. The van der Waals surface area contributed by atoms with E-state index < -0.39 is 0 Å². The zero-order valence-corrected chi connectivity index (χ0v) is 39.4. The van der Waals surface area contributed by atoms with Crippen molar-refractivity contribution in [2.75, 3.05) is 0 Å². The number of aryl methyl sites for hydroxylation is 2. The van der Waals surface area contributed by atoms with Crippen LogP contribution in [0.5, 0.6) is 11.5 Å². The number of hydrogen-bond acceptors (Lipinski definition) is 5. The second-order valence-corrected chi connectivity index (χ2v) is 18.0. The zero-order chi connectivity index (χ0) is 42.0. The number of unbranched alkanes of at least 4 members (excludes halogenated alkanes) is 38. The Balaban J connectivity index is 2.02. The summed E-state index contributed by atoms with van der Waals surface area (Å²) in [5.41, 5.74) is 0. The van der Waals surface area contributed by atoms with Crippen molar-refractivity contribution in [2.24, 2.45) is 0 Å². The van der Waals surface area contributed by atoms with Crippen LogP contribution < -0.4 is 9.47 Å². The summed E-state index contributed by atoms with van der Waals surface area (Å²) in [7, 11) is 0. The third kappa shape index (κ3) is 33.0. The molecule has 0 unspecified atom stereocenters. The van der Waals surface area contributed by atoms with E-state index >= 15 is 0 Å². The van der Waals surface area contributed by atoms with Crippen molar-refractivity contribution in [2.45, 2.75) is 304 Å². The topological polar surface area (TPSA) is 65.7 Å². The van der Waals surface area contributed by atoms with Crippen LogP contribution in [0.25, 0.3) is 0 Å². The van der Waals surface area contributed by atoms with Gasteiger partial charge in [0.1, 0.15) is 5.76 Å². The Morgan fingerprint density at radius 1 is 0.345 bits per heavy atom. The van der Waals surface area contributed by atoms with E-state index in [0.717, 1.165) is 25.7 Å². The maximum absolute atomic E-state index is 12.8. The second kappa shape index (κ2) is 41.9. The van der Waals surface area contributed by atoms with Gasteiger partial charge in [0.15, 0.2) is 5.76 Å². The minimum atomic E-state index is -0.277. The Morgan fingerprint density at radius 2 is 0.569 bits per heavy atom. The van der Waals surface area contributed by atoms with Gasteiger partial charge in [0.25, 0.3) is 0 Å². The monoisotopic (exact) mass is 815 g/mol. The summed E-state index contributed by atoms with van der Waals surface area (Å²) in [6.45, 7) is 8.31. The maximum atomic E-state index is 12.8. The molecule has 0 N–H and O–H groups in total. The molecule has 0 aliphatic heterocycles. The summed E-state index contributed by atoms with van der Waals surface area (Å²) in [5, 5.41) is 0. The minimum Gasteiger partial charge on any atom is -0.458 e. The van der Waals surface area contributed by atoms with Crippen LogP contribution in [0.15, 0.2) is 4.42 Å². The molecule has 0 aromatic carbocycles. The van der Waals surface area contributed by atoms with Crippen LogP contribution in [0, 0.1) is 6.92 Å². The molecule has 0 saturated heterocycles. The highest BCUT2D eigenvalue weighted by Crippen LogP contribution is 2.39. The van der Waals surface area contributed by atoms with Gasteiger partial charge in [-0.05, 0) is 19.8 Å². The van der Waals surface area contributed by atoms with E-state index in [1.807, 2.05) is 6.92 Å². The van der Waals surface area contributed by atoms with Crippen LogP contribution >= 0.6 is 0 Å². The molecule has 5 nitrogen and oxygen atoms in total. The van der Waals surface area contributed by atoms with Crippen LogP contribution in [0.3, 0.4) is 0 Å². The lowest BCUT2D eigenvalue weighted by Crippen LogP contribution is -2.12. The number of ether oxygens (including phenoxy) is 2. The van der Waals surface area contributed by atoms with Gasteiger partial charge in [-0.25, -0.2) is 0 Å². The molecule has 58 heavy (non-hydrogen) atoms. The van der Waals surface area contributed by atoms with E-state index in [2.05, 4.69) is 13.8 Å². The number of rotatable bonds is 45. The van der Waals surface area contributed by atoms with E-state index in [4.69, 9.17) is 13.9 Å². The Morgan fingerprint density at radius 3 is 0.810 bits per heavy atom. The molecule has 0 aliphatic rings. The molecule has 1 aromatic heterocycles. The van der Waals surface area contributed by atoms with Crippen LogP contribution in [0.2, 0.25) is 0 Å². The van der Waals surface area contributed by atoms with Crippen molar-refractivity contribution in [3.05, 3.63) is 11.5 Å². The molecule has 0 radical (unpaired) electrons. The highest BCUT2D eigenvalue weighted by Gasteiger charge is 2.24. The Bertz CT molecular complexity index is 1040. The second-order valence-electron chi connectivity index (χ2n) is 18.0. The molecule has 5 heteroatoms. The molecule has 1 rings (SSSR count). The van der Waals surface area contributed by atoms with E-state index in [1.54, 1.807) is 6.92 Å². The normalized spacial score (nSPS) is 11.4. The number of furan rings is 1. The van der Waals surface area contributed by atoms with Gasteiger partial charge in [0.2, 0.25) is 11.5 Å². The third-order valence-corrected chi connectivity index (χ3v) is 12.3. The fourth-order valence-electron chi connectivity index (χ4n) is 8.40. The number of hydrogen-bond donors (Lipinski definition) is 0. The lowest BCUT2D eigenvalue weighted by Gasteiger charge is -2.08. The zero-order valence-electron chi connectivity index (χ0n) is 39.4. The predicted molar refractivity (Wildman–Crippen MR) is 249 cm³/mol. The van der Waals surface area contributed by atoms with E-state index in [1.165, 1.54) is 231 Å². The fraction of sp³-hybridized carbons (Fsp3) is 0.887. The van der Waals surface area contributed by atoms with E-state index in [0.29, 0.717) is 36.5 Å². The maximum Gasteiger partial charge on any atom is 0.311 e. The molecule has 1 aromatic rings. The summed E-state index contributed by atoms with van der Waals surface area (Å²) >= 11 is 0. The van der Waals surface area contributed by atoms with Gasteiger partial charge in [-0.1, -0.05) is 265 Å². The molecule has 0 aliphatic carbocycles. The number of carbonyl (C=O) groups is 2. The summed E-state index contributed by atoms with van der Waals surface area (Å²) in [6.07, 6.45) is 54.7. The van der Waals surface area contributed by atoms with Gasteiger partial charge < -0.3 is 13.9 Å². The van der Waals surface area contributed by atoms with Gasteiger partial charge in [0, 0.05) is 19.3 Å². The molecule has 0 amide bonds. The van der Waals surface area contributed by atoms with Crippen molar-refractivity contribution < 1.29 is 23.5 Å². The highest BCUT2D eigenvalue weighted by atomic mass is 16.6. The minimum absolute atomic E-state index is 0.274. The van der Waals surface area contributed by atoms with Crippen molar-refractivity contribution in [1.82, 2.24) is 0 Å². The smallest absolute Gasteiger partial charge is 0.311 e. The van der Waals surface area contributed by atoms with Gasteiger partial charge in [-0.2, -0.15) is 0 Å². The lowest BCUT2D eigenvalue weighted by molar-refractivity contribution is -0.137. The fourth-order valence-corrected chi connectivity index (χ4v) is 8.40. The summed E-state index contributed by atoms with van der Waals surface area (Å²) in [6, 6.07) is 0. The molecule has 0 spiro atoms. The first-order chi connectivity index (χ1) is 28.5. The first kappa shape index (κ1) is 54.2. The Kier molecular flexibility index (Phi) is 39.2. The molecule has 1 heterocycles. The quantitative estimate of drug-likeness (QED) is 0.0485. The third-order valence-electron chi connectivity index (χ3n) is 12.3. The van der Waals surface area contributed by atoms with Crippen LogP contribution in [0.1, 0.15) is 302 Å². The Labute approximate surface area is 361 Å². The number of esters is 2. The average molecular weight is 815 g/mol. The van der Waals surface area contributed by atoms with Gasteiger partial charge in [0.05, 0.1) is 0 Å². The summed E-state index contributed by atoms with van der Waals surface area (Å²) < 4.78 is 17.3. The molecular weight excluding hydrogens is 717 g/mol. The predicted octanol–water partition coefficient (Wildman–Crippen LogP) is 18.4. The van der Waals surface area contributed by atoms with Crippen LogP contribution in [-0.4, -0.2) is 11.9 Å². The largest absolute Gasteiger partial charge is 0.458 e. The molecule has 0 fully saturated rings. The summed E-state index contributed by atoms with van der Waals surface area (Å²) in [5.74, 6) is 1.10. The Hall–Kier alpha value is -1.78. The highest BCUT2D eigenvalue weighted by molar-refractivity contribution is 5.77. The SMILES string of the molecule is CCCCCCCCCCCCCCCCCCCCCCC(=O)Oc1c(C)oc(CC)c1OC(=O)CCCCCCCCCCCCCCCCCCCCCC. The van der Waals surface area contributed by atoms with Gasteiger partial charge in [-0.3, -0.25) is 9.59 Å². The lowest BCUT2D eigenvalue weighted by atomic mass is 10.0. The number of carbonyl (C=O) groups excluding carboxylic acids is 2. The standard InChI is InChI=1S/C53H98O5/c1-5-8-10-12-14-16-18-20-22-24-26-28-30-32-34-36-38-40-42-44-46-50(54)57-52-48(4)56-49(7-3)53(52)58-51(55)47-45-43-41-39-37-35-33-31-29-27-25-23-21-19-17-15-13-11-9-6-2/h5-47H2,1-4H3. The van der Waals surface area contributed by atoms with Gasteiger partial charge >= 0.3 is 11.9 Å². The molecule has 0 bridgehead atoms. The van der Waals surface area contributed by atoms with Crippen molar-refractivity contribution in [3.8, 4) is 11.5 Å². The van der Waals surface area contributed by atoms with Crippen LogP contribution in [-0.2, 0) is 16.0 Å². The molecule has 340 valence electrons.